The molecule has 3 aliphatic carbocycles. The molecule has 0 unspecified atom stereocenters. The summed E-state index contributed by atoms with van der Waals surface area (Å²) in [6.07, 6.45) is 20.9. The van der Waals surface area contributed by atoms with Crippen LogP contribution in [0.5, 0.6) is 0 Å². The lowest BCUT2D eigenvalue weighted by atomic mass is 9.84. The highest BCUT2D eigenvalue weighted by molar-refractivity contribution is 7.97. The molecule has 0 atom stereocenters. The molecule has 3 saturated carbocycles. The van der Waals surface area contributed by atoms with E-state index in [1.165, 1.54) is 123 Å². The van der Waals surface area contributed by atoms with Crippen molar-refractivity contribution in [1.29, 1.82) is 0 Å². The number of aryl methyl sites for hydroxylation is 1. The van der Waals surface area contributed by atoms with Gasteiger partial charge in [0, 0.05) is 0 Å². The van der Waals surface area contributed by atoms with Crippen molar-refractivity contribution in [2.24, 2.45) is 0 Å². The smallest absolute Gasteiger partial charge is 0.166 e. The number of hydrogen-bond acceptors (Lipinski definition) is 3. The van der Waals surface area contributed by atoms with Gasteiger partial charge >= 0.3 is 0 Å². The molecule has 0 amide bonds. The van der Waals surface area contributed by atoms with Gasteiger partial charge in [0.25, 0.3) is 0 Å². The van der Waals surface area contributed by atoms with E-state index in [2.05, 4.69) is 72.8 Å². The summed E-state index contributed by atoms with van der Waals surface area (Å²) in [6.45, 7) is 1.82. The van der Waals surface area contributed by atoms with Gasteiger partial charge in [-0.05, 0) is 128 Å². The van der Waals surface area contributed by atoms with Gasteiger partial charge < -0.3 is 4.55 Å². The van der Waals surface area contributed by atoms with Crippen LogP contribution < -0.4 is 0 Å². The van der Waals surface area contributed by atoms with Crippen LogP contribution in [0.15, 0.2) is 117 Å². The van der Waals surface area contributed by atoms with Crippen molar-refractivity contribution >= 4 is 21.0 Å². The molecule has 0 N–H and O–H groups in total. The van der Waals surface area contributed by atoms with Crippen molar-refractivity contribution in [2.45, 2.75) is 141 Å². The lowest BCUT2D eigenvalue weighted by molar-refractivity contribution is 0.443. The first-order valence-electron chi connectivity index (χ1n) is 18.4. The minimum Gasteiger partial charge on any atom is -0.744 e. The van der Waals surface area contributed by atoms with Crippen molar-refractivity contribution < 1.29 is 13.0 Å². The van der Waals surface area contributed by atoms with Crippen LogP contribution in [0.1, 0.15) is 136 Å². The Kier molecular flexibility index (Phi) is 12.2. The molecule has 0 aliphatic heterocycles. The monoisotopic (exact) mass is 680 g/mol. The van der Waals surface area contributed by atoms with Gasteiger partial charge in [-0.25, -0.2) is 8.42 Å². The molecule has 3 fully saturated rings. The minimum absolute atomic E-state index is 0.0542. The molecular weight excluding hydrogens is 629 g/mol. The molecule has 48 heavy (non-hydrogen) atoms. The summed E-state index contributed by atoms with van der Waals surface area (Å²) < 4.78 is 31.2. The molecule has 0 aromatic heterocycles. The van der Waals surface area contributed by atoms with Crippen molar-refractivity contribution in [3.63, 3.8) is 0 Å². The van der Waals surface area contributed by atoms with Crippen LogP contribution in [0.25, 0.3) is 0 Å². The second-order valence-electron chi connectivity index (χ2n) is 14.3. The second-order valence-corrected chi connectivity index (χ2v) is 17.7. The normalized spacial score (nSPS) is 18.3. The third-order valence-corrected chi connectivity index (χ3v) is 14.0. The van der Waals surface area contributed by atoms with Gasteiger partial charge in [-0.3, -0.25) is 0 Å². The van der Waals surface area contributed by atoms with E-state index in [0.29, 0.717) is 0 Å². The van der Waals surface area contributed by atoms with Crippen LogP contribution in [0, 0.1) is 6.92 Å². The average Bonchev–Trinajstić information content (AvgIpc) is 3.14. The zero-order valence-corrected chi connectivity index (χ0v) is 30.3. The Hall–Kier alpha value is -2.86. The first-order chi connectivity index (χ1) is 23.3. The van der Waals surface area contributed by atoms with Crippen LogP contribution in [0.4, 0.5) is 0 Å². The summed E-state index contributed by atoms with van der Waals surface area (Å²) in [7, 11) is -4.32. The molecule has 0 spiro atoms. The van der Waals surface area contributed by atoms with Gasteiger partial charge in [0.1, 0.15) is 10.1 Å². The van der Waals surface area contributed by atoms with E-state index in [0.717, 1.165) is 23.3 Å². The molecule has 0 bridgehead atoms. The molecule has 5 heteroatoms. The maximum Gasteiger partial charge on any atom is 0.166 e. The lowest BCUT2D eigenvalue weighted by Gasteiger charge is -2.23. The standard InChI is InChI=1S/C36H45S.C7H8O3S/c1-4-10-28(11-5-1)31-16-22-34(23-17-31)37(35-24-18-32(19-25-35)29-12-6-2-7-13-29)36-26-20-33(21-27-36)30-14-8-3-9-15-30;1-6-2-4-7(5-3-6)11(8,9)10/h16-30H,1-15H2;2-5H,1H3,(H,8,9,10)/q+1;/p-1. The van der Waals surface area contributed by atoms with Crippen molar-refractivity contribution in [3.8, 4) is 0 Å². The summed E-state index contributed by atoms with van der Waals surface area (Å²) in [5.41, 5.74) is 5.62. The van der Waals surface area contributed by atoms with Crippen LogP contribution in [0.2, 0.25) is 0 Å². The Labute approximate surface area is 292 Å². The Morgan fingerprint density at radius 1 is 0.458 bits per heavy atom. The van der Waals surface area contributed by atoms with Gasteiger partial charge in [-0.1, -0.05) is 112 Å². The Morgan fingerprint density at radius 3 is 1.02 bits per heavy atom. The Morgan fingerprint density at radius 2 is 0.750 bits per heavy atom. The fraction of sp³-hybridized carbons (Fsp3) is 0.442. The summed E-state index contributed by atoms with van der Waals surface area (Å²) in [4.78, 5) is 4.23. The molecule has 0 heterocycles. The van der Waals surface area contributed by atoms with E-state index in [-0.39, 0.29) is 15.8 Å². The first kappa shape index (κ1) is 35.0. The van der Waals surface area contributed by atoms with Gasteiger partial charge in [0.2, 0.25) is 0 Å². The average molecular weight is 681 g/mol. The van der Waals surface area contributed by atoms with Crippen molar-refractivity contribution in [3.05, 3.63) is 119 Å². The summed E-state index contributed by atoms with van der Waals surface area (Å²) in [6, 6.07) is 35.3. The zero-order chi connectivity index (χ0) is 33.3. The van der Waals surface area contributed by atoms with E-state index in [4.69, 9.17) is 0 Å². The molecule has 3 aliphatic rings. The zero-order valence-electron chi connectivity index (χ0n) is 28.6. The van der Waals surface area contributed by atoms with Gasteiger partial charge in [-0.15, -0.1) is 0 Å². The van der Waals surface area contributed by atoms with Crippen LogP contribution >= 0.6 is 0 Å². The number of hydrogen-bond donors (Lipinski definition) is 0. The Balaban J connectivity index is 0.000000312. The molecule has 0 saturated heterocycles. The van der Waals surface area contributed by atoms with Gasteiger partial charge in [0.15, 0.2) is 14.7 Å². The van der Waals surface area contributed by atoms with E-state index in [1.54, 1.807) is 28.8 Å². The highest BCUT2D eigenvalue weighted by atomic mass is 32.2. The first-order valence-corrected chi connectivity index (χ1v) is 21.1. The molecule has 254 valence electrons. The predicted octanol–water partition coefficient (Wildman–Crippen LogP) is 11.8. The maximum atomic E-state index is 10.4. The second kappa shape index (κ2) is 16.7. The fourth-order valence-corrected chi connectivity index (χ4v) is 10.6. The minimum atomic E-state index is -4.27. The van der Waals surface area contributed by atoms with E-state index >= 15 is 0 Å². The van der Waals surface area contributed by atoms with E-state index < -0.39 is 10.1 Å². The highest BCUT2D eigenvalue weighted by Gasteiger charge is 2.30. The van der Waals surface area contributed by atoms with Crippen molar-refractivity contribution in [2.75, 3.05) is 0 Å². The van der Waals surface area contributed by atoms with Crippen molar-refractivity contribution in [1.82, 2.24) is 0 Å². The largest absolute Gasteiger partial charge is 0.744 e. The lowest BCUT2D eigenvalue weighted by Crippen LogP contribution is -2.09. The van der Waals surface area contributed by atoms with E-state index in [9.17, 15) is 13.0 Å². The molecule has 3 nitrogen and oxygen atoms in total. The van der Waals surface area contributed by atoms with Gasteiger partial charge in [-0.2, -0.15) is 0 Å². The third-order valence-electron chi connectivity index (χ3n) is 10.9. The van der Waals surface area contributed by atoms with E-state index in [1.807, 2.05) is 6.92 Å². The van der Waals surface area contributed by atoms with Crippen LogP contribution in [-0.4, -0.2) is 13.0 Å². The molecule has 4 aromatic carbocycles. The summed E-state index contributed by atoms with van der Waals surface area (Å²) in [5.74, 6) is 2.32. The maximum absolute atomic E-state index is 10.4. The number of rotatable bonds is 7. The Bertz CT molecular complexity index is 1510. The topological polar surface area (TPSA) is 57.2 Å². The SMILES string of the molecule is Cc1ccc(S(=O)(=O)[O-])cc1.c1cc([S+](c2ccc(C3CCCCC3)cc2)c2ccc(C3CCCCC3)cc2)ccc1C1CCCCC1. The molecule has 7 rings (SSSR count). The molecule has 4 aromatic rings. The summed E-state index contributed by atoms with van der Waals surface area (Å²) in [5, 5.41) is 0. The van der Waals surface area contributed by atoms with Crippen LogP contribution in [-0.2, 0) is 21.0 Å². The fourth-order valence-electron chi connectivity index (χ4n) is 8.05. The highest BCUT2D eigenvalue weighted by Crippen LogP contribution is 2.39. The quantitative estimate of drug-likeness (QED) is 0.144. The van der Waals surface area contributed by atoms with Gasteiger partial charge in [0.05, 0.1) is 15.8 Å². The predicted molar refractivity (Wildman–Crippen MR) is 198 cm³/mol. The third kappa shape index (κ3) is 9.22. The summed E-state index contributed by atoms with van der Waals surface area (Å²) >= 11 is 0. The van der Waals surface area contributed by atoms with Crippen LogP contribution in [0.3, 0.4) is 0 Å². The molecular formula is C43H52O3S2. The number of benzene rings is 4. The molecule has 0 radical (unpaired) electrons.